The van der Waals surface area contributed by atoms with Crippen LogP contribution in [0, 0.1) is 0 Å². The van der Waals surface area contributed by atoms with Crippen LogP contribution < -0.4 is 5.11 Å². The van der Waals surface area contributed by atoms with Crippen molar-refractivity contribution in [3.63, 3.8) is 0 Å². The molecule has 8 nitrogen and oxygen atoms in total. The molecule has 378 valence electrons. The molecule has 8 heteroatoms. The SMILES string of the molecule is CC/C=C/C/C=C/C/C=C/C/C=C/C/C=C/CCCCCCCCCC(=O)OCC(COCCC(C(=O)[O-])[N+](C)(C)C)OC(=O)CCCCCCCCCCCC/C=C/C=C/CCCCC. The van der Waals surface area contributed by atoms with E-state index in [1.165, 1.54) is 96.3 Å². The lowest BCUT2D eigenvalue weighted by atomic mass is 10.1. The Balaban J connectivity index is 4.26. The fourth-order valence-electron chi connectivity index (χ4n) is 7.44. The minimum atomic E-state index is -1.13. The van der Waals surface area contributed by atoms with Gasteiger partial charge in [-0.15, -0.1) is 0 Å². The minimum absolute atomic E-state index is 0.0320. The summed E-state index contributed by atoms with van der Waals surface area (Å²) in [6.07, 6.45) is 63.2. The first-order valence-electron chi connectivity index (χ1n) is 26.6. The third kappa shape index (κ3) is 45.7. The number of hydrogen-bond donors (Lipinski definition) is 0. The first kappa shape index (κ1) is 62.5. The molecule has 0 aromatic carbocycles. The number of carbonyl (C=O) groups is 3. The first-order valence-corrected chi connectivity index (χ1v) is 26.6. The molecule has 0 aliphatic rings. The van der Waals surface area contributed by atoms with Gasteiger partial charge in [-0.2, -0.15) is 0 Å². The lowest BCUT2D eigenvalue weighted by Crippen LogP contribution is -2.55. The van der Waals surface area contributed by atoms with Crippen LogP contribution in [0.4, 0.5) is 0 Å². The fourth-order valence-corrected chi connectivity index (χ4v) is 7.44. The Hall–Kier alpha value is -3.49. The number of quaternary nitrogens is 1. The molecule has 0 heterocycles. The Morgan fingerprint density at radius 3 is 1.35 bits per heavy atom. The van der Waals surface area contributed by atoms with Crippen molar-refractivity contribution in [3.05, 3.63) is 85.1 Å². The Morgan fingerprint density at radius 2 is 0.894 bits per heavy atom. The van der Waals surface area contributed by atoms with Gasteiger partial charge in [-0.05, 0) is 83.5 Å². The second kappa shape index (κ2) is 48.0. The van der Waals surface area contributed by atoms with Crippen LogP contribution >= 0.6 is 0 Å². The second-order valence-corrected chi connectivity index (χ2v) is 18.8. The highest BCUT2D eigenvalue weighted by Crippen LogP contribution is 2.15. The van der Waals surface area contributed by atoms with Crippen molar-refractivity contribution in [2.75, 3.05) is 41.0 Å². The first-order chi connectivity index (χ1) is 32.1. The van der Waals surface area contributed by atoms with Crippen molar-refractivity contribution >= 4 is 17.9 Å². The van der Waals surface area contributed by atoms with Gasteiger partial charge in [0.25, 0.3) is 0 Å². The lowest BCUT2D eigenvalue weighted by molar-refractivity contribution is -0.889. The van der Waals surface area contributed by atoms with Crippen LogP contribution in [0.25, 0.3) is 0 Å². The summed E-state index contributed by atoms with van der Waals surface area (Å²) in [4.78, 5) is 37.1. The molecule has 0 fully saturated rings. The summed E-state index contributed by atoms with van der Waals surface area (Å²) in [6.45, 7) is 4.51. The van der Waals surface area contributed by atoms with Crippen LogP contribution in [-0.4, -0.2) is 75.5 Å². The van der Waals surface area contributed by atoms with E-state index in [1.54, 1.807) is 21.1 Å². The van der Waals surface area contributed by atoms with Gasteiger partial charge in [0, 0.05) is 19.3 Å². The Kier molecular flexibility index (Phi) is 45.4. The normalized spacial score (nSPS) is 13.5. The van der Waals surface area contributed by atoms with Gasteiger partial charge in [0.15, 0.2) is 6.10 Å². The van der Waals surface area contributed by atoms with Crippen LogP contribution in [0.5, 0.6) is 0 Å². The van der Waals surface area contributed by atoms with Gasteiger partial charge >= 0.3 is 11.9 Å². The highest BCUT2D eigenvalue weighted by atomic mass is 16.6. The molecule has 0 N–H and O–H groups in total. The molecule has 0 rings (SSSR count). The largest absolute Gasteiger partial charge is 0.544 e. The number of likely N-dealkylation sites (N-methyl/N-ethyl adjacent to an activating group) is 1. The summed E-state index contributed by atoms with van der Waals surface area (Å²) >= 11 is 0. The highest BCUT2D eigenvalue weighted by molar-refractivity contribution is 5.70. The van der Waals surface area contributed by atoms with Gasteiger partial charge in [-0.25, -0.2) is 0 Å². The number of hydrogen-bond acceptors (Lipinski definition) is 7. The van der Waals surface area contributed by atoms with E-state index in [1.807, 2.05) is 0 Å². The number of aliphatic carboxylic acids is 1. The molecular formula is C58H99NO7. The Morgan fingerprint density at radius 1 is 0.485 bits per heavy atom. The summed E-state index contributed by atoms with van der Waals surface area (Å²) in [5.74, 6) is -1.76. The van der Waals surface area contributed by atoms with Gasteiger partial charge in [0.2, 0.25) is 0 Å². The van der Waals surface area contributed by atoms with Gasteiger partial charge in [0.05, 0.1) is 40.3 Å². The number of unbranched alkanes of at least 4 members (excludes halogenated alkanes) is 20. The van der Waals surface area contributed by atoms with Gasteiger partial charge in [0.1, 0.15) is 12.6 Å². The van der Waals surface area contributed by atoms with E-state index in [-0.39, 0.29) is 42.7 Å². The van der Waals surface area contributed by atoms with Crippen LogP contribution in [0.2, 0.25) is 0 Å². The van der Waals surface area contributed by atoms with Crippen LogP contribution in [0.15, 0.2) is 85.1 Å². The van der Waals surface area contributed by atoms with Crippen molar-refractivity contribution in [1.29, 1.82) is 0 Å². The van der Waals surface area contributed by atoms with E-state index in [2.05, 4.69) is 98.9 Å². The standard InChI is InChI=1S/C58H99NO7/c1-6-8-10-12-14-16-18-20-22-24-26-27-28-29-31-32-34-36-38-40-42-44-46-48-56(60)65-53-54(52-64-51-50-55(58(62)63)59(3,4)5)66-57(61)49-47-45-43-41-39-37-35-33-30-25-23-21-19-17-15-13-11-9-7-2/h8,10,14-17,19-22,26-27,29,31,54-55H,6-7,9,11-13,18,23-25,28,30,32-53H2,1-5H3/b10-8+,16-14+,17-15+,21-19+,22-20+,27-26+,31-29+. The Bertz CT molecular complexity index is 1350. The molecule has 0 aliphatic carbocycles. The van der Waals surface area contributed by atoms with Crippen molar-refractivity contribution in [2.24, 2.45) is 0 Å². The van der Waals surface area contributed by atoms with Gasteiger partial charge in [-0.1, -0.05) is 195 Å². The van der Waals surface area contributed by atoms with Crippen molar-refractivity contribution < 1.29 is 38.2 Å². The monoisotopic (exact) mass is 922 g/mol. The van der Waals surface area contributed by atoms with Crippen molar-refractivity contribution in [3.8, 4) is 0 Å². The number of esters is 2. The number of carboxylic acid groups (broad SMARTS) is 1. The van der Waals surface area contributed by atoms with Crippen LogP contribution in [0.3, 0.4) is 0 Å². The highest BCUT2D eigenvalue weighted by Gasteiger charge is 2.25. The van der Waals surface area contributed by atoms with Gasteiger partial charge < -0.3 is 28.6 Å². The molecule has 66 heavy (non-hydrogen) atoms. The molecule has 2 atom stereocenters. The predicted molar refractivity (Wildman–Crippen MR) is 277 cm³/mol. The molecule has 0 aromatic rings. The van der Waals surface area contributed by atoms with E-state index >= 15 is 0 Å². The number of ether oxygens (including phenoxy) is 3. The maximum atomic E-state index is 12.8. The summed E-state index contributed by atoms with van der Waals surface area (Å²) < 4.78 is 17.3. The number of nitrogens with zero attached hydrogens (tertiary/aromatic N) is 1. The van der Waals surface area contributed by atoms with E-state index in [9.17, 15) is 19.5 Å². The molecule has 0 spiro atoms. The zero-order valence-electron chi connectivity index (χ0n) is 43.1. The quantitative estimate of drug-likeness (QED) is 0.0197. The lowest BCUT2D eigenvalue weighted by Gasteiger charge is -2.34. The average Bonchev–Trinajstić information content (AvgIpc) is 3.28. The number of carbonyl (C=O) groups excluding carboxylic acids is 3. The number of rotatable bonds is 47. The van der Waals surface area contributed by atoms with Gasteiger partial charge in [-0.3, -0.25) is 9.59 Å². The third-order valence-electron chi connectivity index (χ3n) is 11.5. The fraction of sp³-hybridized carbons (Fsp3) is 0.707. The molecule has 0 amide bonds. The topological polar surface area (TPSA) is 102 Å². The predicted octanol–water partition coefficient (Wildman–Crippen LogP) is 14.3. The molecule has 0 radical (unpaired) electrons. The van der Waals surface area contributed by atoms with Crippen molar-refractivity contribution in [1.82, 2.24) is 0 Å². The average molecular weight is 922 g/mol. The molecule has 0 bridgehead atoms. The second-order valence-electron chi connectivity index (χ2n) is 18.8. The smallest absolute Gasteiger partial charge is 0.306 e. The molecule has 0 saturated heterocycles. The molecule has 2 unspecified atom stereocenters. The van der Waals surface area contributed by atoms with E-state index in [4.69, 9.17) is 14.2 Å². The number of allylic oxidation sites excluding steroid dienone is 14. The zero-order chi connectivity index (χ0) is 48.4. The van der Waals surface area contributed by atoms with E-state index in [0.29, 0.717) is 12.8 Å². The third-order valence-corrected chi connectivity index (χ3v) is 11.5. The maximum Gasteiger partial charge on any atom is 0.306 e. The zero-order valence-corrected chi connectivity index (χ0v) is 43.1. The molecule has 0 aliphatic heterocycles. The van der Waals surface area contributed by atoms with E-state index in [0.717, 1.165) is 83.5 Å². The summed E-state index contributed by atoms with van der Waals surface area (Å²) in [5, 5.41) is 11.7. The van der Waals surface area contributed by atoms with E-state index < -0.39 is 18.1 Å². The number of carboxylic acids is 1. The van der Waals surface area contributed by atoms with Crippen LogP contribution in [-0.2, 0) is 28.6 Å². The summed E-state index contributed by atoms with van der Waals surface area (Å²) in [5.41, 5.74) is 0. The molecular weight excluding hydrogens is 823 g/mol. The van der Waals surface area contributed by atoms with Crippen LogP contribution in [0.1, 0.15) is 213 Å². The minimum Gasteiger partial charge on any atom is -0.544 e. The molecule has 0 saturated carbocycles. The maximum absolute atomic E-state index is 12.8. The molecule has 0 aromatic heterocycles. The Labute approximate surface area is 405 Å². The van der Waals surface area contributed by atoms with Crippen molar-refractivity contribution in [2.45, 2.75) is 225 Å². The summed E-state index contributed by atoms with van der Waals surface area (Å²) in [7, 11) is 5.41. The summed E-state index contributed by atoms with van der Waals surface area (Å²) in [6, 6.07) is -0.733.